The quantitative estimate of drug-likeness (QED) is 0.523. The van der Waals surface area contributed by atoms with E-state index in [4.69, 9.17) is 28.2 Å². The maximum atomic E-state index is 6.25. The molecule has 3 rings (SSSR count). The first-order valence-electron chi connectivity index (χ1n) is 8.76. The average Bonchev–Trinajstić information content (AvgIpc) is 2.86. The number of nitrogens with one attached hydrogen (secondary N) is 1. The standard InChI is InChI=1S/C21H25Cl2N3/c1-20(2,3)13-21(4,5)25-19-18(14-9-10-15(22)16(23)12-14)24-17-8-6-7-11-26(17)19/h6-12,25H,13H2,1-5H3. The molecule has 0 saturated carbocycles. The van der Waals surface area contributed by atoms with Gasteiger partial charge >= 0.3 is 0 Å². The number of aromatic nitrogens is 2. The molecule has 26 heavy (non-hydrogen) atoms. The van der Waals surface area contributed by atoms with Crippen LogP contribution in [0.15, 0.2) is 42.6 Å². The van der Waals surface area contributed by atoms with Crippen LogP contribution >= 0.6 is 23.2 Å². The molecule has 3 nitrogen and oxygen atoms in total. The first kappa shape index (κ1) is 19.1. The Morgan fingerprint density at radius 1 is 1.00 bits per heavy atom. The number of hydrogen-bond acceptors (Lipinski definition) is 2. The van der Waals surface area contributed by atoms with Crippen molar-refractivity contribution in [2.75, 3.05) is 5.32 Å². The van der Waals surface area contributed by atoms with Crippen molar-refractivity contribution in [3.63, 3.8) is 0 Å². The Labute approximate surface area is 165 Å². The SMILES string of the molecule is CC(C)(C)CC(C)(C)Nc1c(-c2ccc(Cl)c(Cl)c2)nc2ccccn12. The van der Waals surface area contributed by atoms with Crippen LogP contribution < -0.4 is 5.32 Å². The van der Waals surface area contributed by atoms with Gasteiger partial charge in [0.25, 0.3) is 0 Å². The van der Waals surface area contributed by atoms with Gasteiger partial charge in [-0.15, -0.1) is 0 Å². The Kier molecular flexibility index (Phi) is 4.98. The third-order valence-corrected chi connectivity index (χ3v) is 4.89. The maximum absolute atomic E-state index is 6.25. The van der Waals surface area contributed by atoms with Gasteiger partial charge in [0.2, 0.25) is 0 Å². The second-order valence-corrected chi connectivity index (χ2v) is 9.43. The van der Waals surface area contributed by atoms with E-state index in [2.05, 4.69) is 44.3 Å². The Morgan fingerprint density at radius 3 is 2.38 bits per heavy atom. The second-order valence-electron chi connectivity index (χ2n) is 8.61. The van der Waals surface area contributed by atoms with Crippen LogP contribution in [0, 0.1) is 5.41 Å². The van der Waals surface area contributed by atoms with Crippen LogP contribution in [-0.4, -0.2) is 14.9 Å². The minimum atomic E-state index is -0.102. The lowest BCUT2D eigenvalue weighted by atomic mass is 9.82. The summed E-state index contributed by atoms with van der Waals surface area (Å²) < 4.78 is 2.09. The van der Waals surface area contributed by atoms with Crippen LogP contribution in [0.2, 0.25) is 10.0 Å². The van der Waals surface area contributed by atoms with E-state index in [0.29, 0.717) is 10.0 Å². The highest BCUT2D eigenvalue weighted by Gasteiger charge is 2.28. The first-order chi connectivity index (χ1) is 12.1. The minimum absolute atomic E-state index is 0.102. The summed E-state index contributed by atoms with van der Waals surface area (Å²) in [5.41, 5.74) is 2.81. The molecule has 0 bridgehead atoms. The molecule has 0 aliphatic rings. The van der Waals surface area contributed by atoms with Crippen LogP contribution in [0.4, 0.5) is 5.82 Å². The average molecular weight is 390 g/mol. The molecule has 0 spiro atoms. The van der Waals surface area contributed by atoms with Gasteiger partial charge in [0.1, 0.15) is 17.2 Å². The van der Waals surface area contributed by atoms with Gasteiger partial charge < -0.3 is 5.32 Å². The highest BCUT2D eigenvalue weighted by atomic mass is 35.5. The van der Waals surface area contributed by atoms with Gasteiger partial charge in [-0.25, -0.2) is 4.98 Å². The van der Waals surface area contributed by atoms with E-state index in [1.807, 2.05) is 42.6 Å². The predicted octanol–water partition coefficient (Wildman–Crippen LogP) is 6.93. The molecule has 3 aromatic rings. The van der Waals surface area contributed by atoms with Crippen LogP contribution in [0.25, 0.3) is 16.9 Å². The lowest BCUT2D eigenvalue weighted by Crippen LogP contribution is -2.36. The normalized spacial score (nSPS) is 12.6. The fraction of sp³-hybridized carbons (Fsp3) is 0.381. The molecule has 0 aliphatic heterocycles. The Morgan fingerprint density at radius 2 is 1.73 bits per heavy atom. The lowest BCUT2D eigenvalue weighted by molar-refractivity contribution is 0.302. The zero-order chi connectivity index (χ0) is 19.1. The van der Waals surface area contributed by atoms with Crippen LogP contribution in [0.1, 0.15) is 41.0 Å². The van der Waals surface area contributed by atoms with E-state index >= 15 is 0 Å². The van der Waals surface area contributed by atoms with Crippen molar-refractivity contribution in [2.45, 2.75) is 46.6 Å². The van der Waals surface area contributed by atoms with Gasteiger partial charge in [-0.3, -0.25) is 4.40 Å². The van der Waals surface area contributed by atoms with Crippen LogP contribution in [0.5, 0.6) is 0 Å². The van der Waals surface area contributed by atoms with Crippen molar-refractivity contribution >= 4 is 34.7 Å². The fourth-order valence-corrected chi connectivity index (χ4v) is 3.95. The summed E-state index contributed by atoms with van der Waals surface area (Å²) in [5.74, 6) is 0.966. The van der Waals surface area contributed by atoms with Crippen molar-refractivity contribution in [3.05, 3.63) is 52.6 Å². The monoisotopic (exact) mass is 389 g/mol. The topological polar surface area (TPSA) is 29.3 Å². The molecular weight excluding hydrogens is 365 g/mol. The second kappa shape index (κ2) is 6.79. The molecule has 0 aliphatic carbocycles. The first-order valence-corrected chi connectivity index (χ1v) is 9.52. The van der Waals surface area contributed by atoms with E-state index in [-0.39, 0.29) is 11.0 Å². The molecule has 0 fully saturated rings. The molecule has 5 heteroatoms. The molecule has 0 radical (unpaired) electrons. The van der Waals surface area contributed by atoms with E-state index < -0.39 is 0 Å². The summed E-state index contributed by atoms with van der Waals surface area (Å²) >= 11 is 12.3. The van der Waals surface area contributed by atoms with Crippen molar-refractivity contribution in [1.82, 2.24) is 9.38 Å². The highest BCUT2D eigenvalue weighted by Crippen LogP contribution is 2.36. The van der Waals surface area contributed by atoms with Gasteiger partial charge in [0.05, 0.1) is 10.0 Å². The number of fused-ring (bicyclic) bond motifs is 1. The number of anilines is 1. The molecular formula is C21H25Cl2N3. The predicted molar refractivity (Wildman–Crippen MR) is 112 cm³/mol. The van der Waals surface area contributed by atoms with Gasteiger partial charge in [0.15, 0.2) is 0 Å². The van der Waals surface area contributed by atoms with Crippen LogP contribution in [-0.2, 0) is 0 Å². The summed E-state index contributed by atoms with van der Waals surface area (Å²) in [4.78, 5) is 4.83. The zero-order valence-electron chi connectivity index (χ0n) is 15.9. The van der Waals surface area contributed by atoms with Gasteiger partial charge in [-0.2, -0.15) is 0 Å². The minimum Gasteiger partial charge on any atom is -0.364 e. The number of pyridine rings is 1. The van der Waals surface area contributed by atoms with E-state index in [1.165, 1.54) is 0 Å². The molecule has 0 amide bonds. The van der Waals surface area contributed by atoms with Crippen molar-refractivity contribution < 1.29 is 0 Å². The third kappa shape index (κ3) is 4.16. The molecule has 0 saturated heterocycles. The Hall–Kier alpha value is -1.71. The van der Waals surface area contributed by atoms with E-state index in [9.17, 15) is 0 Å². The highest BCUT2D eigenvalue weighted by molar-refractivity contribution is 6.42. The molecule has 2 heterocycles. The molecule has 1 N–H and O–H groups in total. The van der Waals surface area contributed by atoms with Gasteiger partial charge in [0, 0.05) is 17.3 Å². The summed E-state index contributed by atoms with van der Waals surface area (Å²) in [5, 5.41) is 4.80. The Bertz CT molecular complexity index is 936. The zero-order valence-corrected chi connectivity index (χ0v) is 17.4. The number of imidazole rings is 1. The number of rotatable bonds is 4. The Balaban J connectivity index is 2.12. The third-order valence-electron chi connectivity index (χ3n) is 4.15. The van der Waals surface area contributed by atoms with Crippen molar-refractivity contribution in [2.24, 2.45) is 5.41 Å². The van der Waals surface area contributed by atoms with Gasteiger partial charge in [-0.1, -0.05) is 56.1 Å². The van der Waals surface area contributed by atoms with Gasteiger partial charge in [-0.05, 0) is 49.9 Å². The maximum Gasteiger partial charge on any atom is 0.139 e. The molecule has 0 unspecified atom stereocenters. The summed E-state index contributed by atoms with van der Waals surface area (Å²) in [7, 11) is 0. The van der Waals surface area contributed by atoms with E-state index in [0.717, 1.165) is 29.1 Å². The smallest absolute Gasteiger partial charge is 0.139 e. The van der Waals surface area contributed by atoms with Crippen molar-refractivity contribution in [1.29, 1.82) is 0 Å². The van der Waals surface area contributed by atoms with E-state index in [1.54, 1.807) is 0 Å². The number of hydrogen-bond donors (Lipinski definition) is 1. The summed E-state index contributed by atoms with van der Waals surface area (Å²) in [6, 6.07) is 11.6. The molecule has 138 valence electrons. The lowest BCUT2D eigenvalue weighted by Gasteiger charge is -2.34. The largest absolute Gasteiger partial charge is 0.364 e. The number of halogens is 2. The van der Waals surface area contributed by atoms with Crippen LogP contribution in [0.3, 0.4) is 0 Å². The summed E-state index contributed by atoms with van der Waals surface area (Å²) in [6.45, 7) is 11.2. The summed E-state index contributed by atoms with van der Waals surface area (Å²) in [6.07, 6.45) is 3.04. The molecule has 1 aromatic carbocycles. The fourth-order valence-electron chi connectivity index (χ4n) is 3.65. The van der Waals surface area contributed by atoms with Crippen molar-refractivity contribution in [3.8, 4) is 11.3 Å². The number of nitrogens with zero attached hydrogens (tertiary/aromatic N) is 2. The number of benzene rings is 1. The molecule has 2 aromatic heterocycles. The molecule has 0 atom stereocenters.